The third-order valence-electron chi connectivity index (χ3n) is 4.34. The number of hydrogen-bond donors (Lipinski definition) is 2. The van der Waals surface area contributed by atoms with Crippen LogP contribution in [0.25, 0.3) is 16.2 Å². The highest BCUT2D eigenvalue weighted by Crippen LogP contribution is 2.28. The molecule has 0 saturated heterocycles. The molecule has 0 aliphatic carbocycles. The molecule has 2 aromatic heterocycles. The van der Waals surface area contributed by atoms with Crippen molar-refractivity contribution in [1.29, 1.82) is 0 Å². The van der Waals surface area contributed by atoms with Crippen molar-refractivity contribution < 1.29 is 14.3 Å². The van der Waals surface area contributed by atoms with Gasteiger partial charge in [0.25, 0.3) is 0 Å². The number of rotatable bonds is 6. The van der Waals surface area contributed by atoms with Crippen molar-refractivity contribution in [2.75, 3.05) is 17.7 Å². The average Bonchev–Trinajstić information content (AvgIpc) is 3.29. The van der Waals surface area contributed by atoms with Gasteiger partial charge in [-0.25, -0.2) is 4.52 Å². The normalized spacial score (nSPS) is 10.7. The van der Waals surface area contributed by atoms with Crippen molar-refractivity contribution in [2.24, 2.45) is 0 Å². The van der Waals surface area contributed by atoms with Crippen LogP contribution in [-0.2, 0) is 16.0 Å². The Morgan fingerprint density at radius 2 is 1.93 bits per heavy atom. The van der Waals surface area contributed by atoms with E-state index in [1.807, 2.05) is 29.6 Å². The minimum Gasteiger partial charge on any atom is -0.497 e. The first kappa shape index (κ1) is 19.6. The average molecular weight is 421 g/mol. The molecular formula is C21H19N5O3S. The van der Waals surface area contributed by atoms with Crippen LogP contribution in [-0.4, -0.2) is 33.5 Å². The summed E-state index contributed by atoms with van der Waals surface area (Å²) in [6.07, 6.45) is 0.177. The van der Waals surface area contributed by atoms with Crippen LogP contribution in [0.5, 0.6) is 5.75 Å². The van der Waals surface area contributed by atoms with Gasteiger partial charge in [0.15, 0.2) is 0 Å². The summed E-state index contributed by atoms with van der Waals surface area (Å²) in [5.74, 6) is 0.652. The van der Waals surface area contributed by atoms with E-state index < -0.39 is 0 Å². The van der Waals surface area contributed by atoms with E-state index >= 15 is 0 Å². The second-order valence-corrected chi connectivity index (χ2v) is 7.42. The second kappa shape index (κ2) is 8.34. The SMILES string of the molecule is COc1cccc(-c2csc3nc(NC(=O)Cc4ccc(NC(C)=O)cc4)nn23)c1. The highest BCUT2D eigenvalue weighted by Gasteiger charge is 2.14. The number of amides is 2. The highest BCUT2D eigenvalue weighted by molar-refractivity contribution is 7.15. The van der Waals surface area contributed by atoms with Gasteiger partial charge in [-0.3, -0.25) is 14.9 Å². The molecule has 2 aromatic carbocycles. The number of methoxy groups -OCH3 is 1. The number of fused-ring (bicyclic) bond motifs is 1. The van der Waals surface area contributed by atoms with Gasteiger partial charge in [-0.2, -0.15) is 4.98 Å². The fourth-order valence-corrected chi connectivity index (χ4v) is 3.81. The van der Waals surface area contributed by atoms with Crippen molar-refractivity contribution in [3.05, 3.63) is 59.5 Å². The van der Waals surface area contributed by atoms with E-state index in [0.29, 0.717) is 10.6 Å². The lowest BCUT2D eigenvalue weighted by atomic mass is 10.1. The summed E-state index contributed by atoms with van der Waals surface area (Å²) in [5.41, 5.74) is 3.32. The Balaban J connectivity index is 1.47. The molecule has 0 spiro atoms. The van der Waals surface area contributed by atoms with Gasteiger partial charge >= 0.3 is 0 Å². The minimum atomic E-state index is -0.219. The Morgan fingerprint density at radius 3 is 2.67 bits per heavy atom. The van der Waals surface area contributed by atoms with Crippen molar-refractivity contribution in [2.45, 2.75) is 13.3 Å². The predicted molar refractivity (Wildman–Crippen MR) is 116 cm³/mol. The Morgan fingerprint density at radius 1 is 1.13 bits per heavy atom. The maximum absolute atomic E-state index is 12.4. The van der Waals surface area contributed by atoms with Gasteiger partial charge in [0.1, 0.15) is 5.75 Å². The first-order valence-corrected chi connectivity index (χ1v) is 10.0. The van der Waals surface area contributed by atoms with Gasteiger partial charge in [0, 0.05) is 23.6 Å². The summed E-state index contributed by atoms with van der Waals surface area (Å²) in [6.45, 7) is 1.45. The first-order chi connectivity index (χ1) is 14.5. The Labute approximate surface area is 176 Å². The molecule has 0 aliphatic rings. The van der Waals surface area contributed by atoms with E-state index in [1.165, 1.54) is 18.3 Å². The molecule has 0 radical (unpaired) electrons. The maximum atomic E-state index is 12.4. The molecule has 0 saturated carbocycles. The third kappa shape index (κ3) is 4.31. The van der Waals surface area contributed by atoms with Gasteiger partial charge in [-0.15, -0.1) is 16.4 Å². The quantitative estimate of drug-likeness (QED) is 0.496. The molecule has 8 nitrogen and oxygen atoms in total. The van der Waals surface area contributed by atoms with Crippen molar-refractivity contribution in [3.63, 3.8) is 0 Å². The number of benzene rings is 2. The molecule has 0 unspecified atom stereocenters. The number of aromatic nitrogens is 3. The number of thiazole rings is 1. The standard InChI is InChI=1S/C21H19N5O3S/c1-13(27)22-16-8-6-14(7-9-16)10-19(28)23-20-24-21-26(25-20)18(12-30-21)15-4-3-5-17(11-15)29-2/h3-9,11-12H,10H2,1-2H3,(H,22,27)(H,23,25,28). The molecule has 2 N–H and O–H groups in total. The molecule has 0 bridgehead atoms. The summed E-state index contributed by atoms with van der Waals surface area (Å²) in [7, 11) is 1.62. The predicted octanol–water partition coefficient (Wildman–Crippen LogP) is 3.61. The van der Waals surface area contributed by atoms with Gasteiger partial charge in [-0.1, -0.05) is 24.3 Å². The first-order valence-electron chi connectivity index (χ1n) is 9.17. The van der Waals surface area contributed by atoms with Crippen LogP contribution in [0.15, 0.2) is 53.9 Å². The topological polar surface area (TPSA) is 97.6 Å². The third-order valence-corrected chi connectivity index (χ3v) is 5.15. The van der Waals surface area contributed by atoms with E-state index in [4.69, 9.17) is 4.74 Å². The fourth-order valence-electron chi connectivity index (χ4n) is 2.98. The molecule has 0 fully saturated rings. The number of anilines is 2. The molecule has 4 aromatic rings. The van der Waals surface area contributed by atoms with E-state index in [0.717, 1.165) is 22.6 Å². The fraction of sp³-hybridized carbons (Fsp3) is 0.143. The number of carbonyl (C=O) groups is 2. The molecule has 2 heterocycles. The molecule has 30 heavy (non-hydrogen) atoms. The lowest BCUT2D eigenvalue weighted by Gasteiger charge is -2.05. The highest BCUT2D eigenvalue weighted by atomic mass is 32.1. The summed E-state index contributed by atoms with van der Waals surface area (Å²) >= 11 is 1.44. The zero-order chi connectivity index (χ0) is 21.1. The smallest absolute Gasteiger partial charge is 0.250 e. The Kier molecular flexibility index (Phi) is 5.44. The summed E-state index contributed by atoms with van der Waals surface area (Å²) in [6, 6.07) is 14.8. The van der Waals surface area contributed by atoms with Crippen LogP contribution in [0, 0.1) is 0 Å². The summed E-state index contributed by atoms with van der Waals surface area (Å²) in [5, 5.41) is 11.8. The molecule has 0 aliphatic heterocycles. The van der Waals surface area contributed by atoms with Crippen LogP contribution in [0.4, 0.5) is 11.6 Å². The van der Waals surface area contributed by atoms with Crippen molar-refractivity contribution in [1.82, 2.24) is 14.6 Å². The number of nitrogens with one attached hydrogen (secondary N) is 2. The van der Waals surface area contributed by atoms with E-state index in [-0.39, 0.29) is 24.2 Å². The maximum Gasteiger partial charge on any atom is 0.250 e. The number of carbonyl (C=O) groups excluding carboxylic acids is 2. The molecule has 0 atom stereocenters. The van der Waals surface area contributed by atoms with Gasteiger partial charge in [0.05, 0.1) is 19.2 Å². The van der Waals surface area contributed by atoms with E-state index in [9.17, 15) is 9.59 Å². The van der Waals surface area contributed by atoms with Crippen LogP contribution >= 0.6 is 11.3 Å². The molecule has 2 amide bonds. The molecule has 4 rings (SSSR count). The molecule has 152 valence electrons. The molecule has 9 heteroatoms. The number of ether oxygens (including phenoxy) is 1. The monoisotopic (exact) mass is 421 g/mol. The van der Waals surface area contributed by atoms with Gasteiger partial charge in [-0.05, 0) is 29.8 Å². The van der Waals surface area contributed by atoms with Crippen LogP contribution in [0.2, 0.25) is 0 Å². The van der Waals surface area contributed by atoms with Gasteiger partial charge < -0.3 is 10.1 Å². The van der Waals surface area contributed by atoms with Gasteiger partial charge in [0.2, 0.25) is 22.7 Å². The molecular weight excluding hydrogens is 402 g/mol. The Hall–Kier alpha value is -3.72. The summed E-state index contributed by atoms with van der Waals surface area (Å²) < 4.78 is 6.99. The minimum absolute atomic E-state index is 0.139. The number of hydrogen-bond acceptors (Lipinski definition) is 6. The second-order valence-electron chi connectivity index (χ2n) is 6.59. The Bertz CT molecular complexity index is 1210. The van der Waals surface area contributed by atoms with Crippen LogP contribution in [0.1, 0.15) is 12.5 Å². The number of nitrogens with zero attached hydrogens (tertiary/aromatic N) is 3. The summed E-state index contributed by atoms with van der Waals surface area (Å²) in [4.78, 5) is 28.6. The zero-order valence-corrected chi connectivity index (χ0v) is 17.2. The van der Waals surface area contributed by atoms with E-state index in [1.54, 1.807) is 35.9 Å². The zero-order valence-electron chi connectivity index (χ0n) is 16.4. The lowest BCUT2D eigenvalue weighted by molar-refractivity contribution is -0.116. The lowest BCUT2D eigenvalue weighted by Crippen LogP contribution is -2.15. The van der Waals surface area contributed by atoms with E-state index in [2.05, 4.69) is 20.7 Å². The largest absolute Gasteiger partial charge is 0.497 e. The van der Waals surface area contributed by atoms with Crippen molar-refractivity contribution >= 4 is 39.7 Å². The van der Waals surface area contributed by atoms with Crippen molar-refractivity contribution in [3.8, 4) is 17.0 Å². The van der Waals surface area contributed by atoms with Crippen LogP contribution < -0.4 is 15.4 Å². The van der Waals surface area contributed by atoms with Crippen LogP contribution in [0.3, 0.4) is 0 Å².